The van der Waals surface area contributed by atoms with Gasteiger partial charge in [0.15, 0.2) is 11.5 Å². The number of thiocarbonyl (C=S) groups is 1. The quantitative estimate of drug-likeness (QED) is 0.160. The van der Waals surface area contributed by atoms with Crippen molar-refractivity contribution >= 4 is 81.0 Å². The van der Waals surface area contributed by atoms with Crippen molar-refractivity contribution in [3.63, 3.8) is 0 Å². The van der Waals surface area contributed by atoms with Crippen LogP contribution in [0, 0.1) is 0 Å². The Morgan fingerprint density at radius 1 is 1.14 bits per heavy atom. The molecule has 0 radical (unpaired) electrons. The van der Waals surface area contributed by atoms with Gasteiger partial charge in [-0.25, -0.2) is 0 Å². The van der Waals surface area contributed by atoms with Gasteiger partial charge in [-0.1, -0.05) is 83.9 Å². The standard InChI is InChI=1S/C25H25Cl3N2O5S2/c1-4-21(31)29-23(25(26,27)28)35-17-8-5-15(6-9-17)14-20-22(32)30(24(36)37-20)12-11-16-7-10-18(33-2)19(13-16)34-3/h5-10,13-14,23H,4,11-12H2,1-3H3,(H,29,31)/b20-14-/t23-/m1/s1. The number of rotatable bonds is 10. The number of carbonyl (C=O) groups excluding carboxylic acids is 2. The first-order valence-electron chi connectivity index (χ1n) is 11.1. The maximum absolute atomic E-state index is 13.0. The molecule has 1 aliphatic rings. The zero-order chi connectivity index (χ0) is 27.2. The third kappa shape index (κ3) is 7.91. The van der Waals surface area contributed by atoms with Crippen LogP contribution in [-0.2, 0) is 16.0 Å². The molecule has 1 fully saturated rings. The lowest BCUT2D eigenvalue weighted by Crippen LogP contribution is -2.47. The van der Waals surface area contributed by atoms with Crippen LogP contribution in [0.5, 0.6) is 17.2 Å². The summed E-state index contributed by atoms with van der Waals surface area (Å²) in [5.41, 5.74) is 1.75. The largest absolute Gasteiger partial charge is 0.493 e. The van der Waals surface area contributed by atoms with Gasteiger partial charge in [0.05, 0.1) is 19.1 Å². The zero-order valence-electron chi connectivity index (χ0n) is 20.3. The smallest absolute Gasteiger partial charge is 0.266 e. The minimum Gasteiger partial charge on any atom is -0.493 e. The molecule has 3 rings (SSSR count). The lowest BCUT2D eigenvalue weighted by Gasteiger charge is -2.26. The van der Waals surface area contributed by atoms with Gasteiger partial charge in [-0.2, -0.15) is 0 Å². The Balaban J connectivity index is 1.66. The molecule has 1 N–H and O–H groups in total. The Bertz CT molecular complexity index is 1190. The molecule has 0 bridgehead atoms. The Morgan fingerprint density at radius 2 is 1.81 bits per heavy atom. The van der Waals surface area contributed by atoms with Crippen molar-refractivity contribution in [2.24, 2.45) is 0 Å². The predicted octanol–water partition coefficient (Wildman–Crippen LogP) is 5.75. The zero-order valence-corrected chi connectivity index (χ0v) is 24.2. The van der Waals surface area contributed by atoms with Gasteiger partial charge >= 0.3 is 0 Å². The van der Waals surface area contributed by atoms with Gasteiger partial charge in [0, 0.05) is 13.0 Å². The van der Waals surface area contributed by atoms with E-state index >= 15 is 0 Å². The number of hydrogen-bond donors (Lipinski definition) is 1. The van der Waals surface area contributed by atoms with Crippen LogP contribution in [-0.4, -0.2) is 51.8 Å². The summed E-state index contributed by atoms with van der Waals surface area (Å²) in [7, 11) is 3.16. The predicted molar refractivity (Wildman–Crippen MR) is 153 cm³/mol. The molecule has 37 heavy (non-hydrogen) atoms. The summed E-state index contributed by atoms with van der Waals surface area (Å²) in [4.78, 5) is 26.9. The number of nitrogens with one attached hydrogen (secondary N) is 1. The second-order valence-corrected chi connectivity index (χ2v) is 11.8. The molecule has 1 heterocycles. The minimum absolute atomic E-state index is 0.158. The Kier molecular flexibility index (Phi) is 10.4. The van der Waals surface area contributed by atoms with Crippen LogP contribution in [0.4, 0.5) is 0 Å². The highest BCUT2D eigenvalue weighted by molar-refractivity contribution is 8.26. The first kappa shape index (κ1) is 29.4. The highest BCUT2D eigenvalue weighted by Gasteiger charge is 2.36. The van der Waals surface area contributed by atoms with Gasteiger partial charge in [-0.3, -0.25) is 14.5 Å². The average molecular weight is 604 g/mol. The number of benzene rings is 2. The van der Waals surface area contributed by atoms with E-state index in [2.05, 4.69) is 5.32 Å². The Hall–Kier alpha value is -2.17. The summed E-state index contributed by atoms with van der Waals surface area (Å²) in [6, 6.07) is 12.5. The molecule has 2 aromatic carbocycles. The van der Waals surface area contributed by atoms with Crippen molar-refractivity contribution in [1.29, 1.82) is 0 Å². The summed E-state index contributed by atoms with van der Waals surface area (Å²) in [6.45, 7) is 2.12. The minimum atomic E-state index is -1.87. The fourth-order valence-electron chi connectivity index (χ4n) is 3.33. The molecule has 0 aromatic heterocycles. The van der Waals surface area contributed by atoms with Gasteiger partial charge in [0.2, 0.25) is 15.9 Å². The van der Waals surface area contributed by atoms with Gasteiger partial charge in [0.1, 0.15) is 10.1 Å². The van der Waals surface area contributed by atoms with Gasteiger partial charge in [0.25, 0.3) is 5.91 Å². The van der Waals surface area contributed by atoms with Gasteiger partial charge in [-0.05, 0) is 47.9 Å². The van der Waals surface area contributed by atoms with Crippen LogP contribution in [0.2, 0.25) is 0 Å². The van der Waals surface area contributed by atoms with E-state index in [-0.39, 0.29) is 18.2 Å². The first-order valence-corrected chi connectivity index (χ1v) is 13.5. The number of halogens is 3. The van der Waals surface area contributed by atoms with E-state index < -0.39 is 10.0 Å². The van der Waals surface area contributed by atoms with Crippen LogP contribution in [0.25, 0.3) is 6.08 Å². The molecule has 1 saturated heterocycles. The van der Waals surface area contributed by atoms with E-state index in [4.69, 9.17) is 61.2 Å². The van der Waals surface area contributed by atoms with Crippen molar-refractivity contribution in [3.05, 3.63) is 58.5 Å². The number of nitrogens with zero attached hydrogens (tertiary/aromatic N) is 1. The van der Waals surface area contributed by atoms with Crippen LogP contribution in [0.1, 0.15) is 24.5 Å². The number of amides is 2. The molecule has 198 valence electrons. The number of methoxy groups -OCH3 is 2. The number of thioether (sulfide) groups is 1. The topological polar surface area (TPSA) is 77.1 Å². The van der Waals surface area contributed by atoms with Crippen molar-refractivity contribution in [2.45, 2.75) is 29.8 Å². The van der Waals surface area contributed by atoms with E-state index in [9.17, 15) is 9.59 Å². The Morgan fingerprint density at radius 3 is 2.41 bits per heavy atom. The molecule has 0 spiro atoms. The van der Waals surface area contributed by atoms with E-state index in [0.29, 0.717) is 39.4 Å². The van der Waals surface area contributed by atoms with Crippen LogP contribution in [0.3, 0.4) is 0 Å². The molecule has 2 aromatic rings. The number of carbonyl (C=O) groups is 2. The average Bonchev–Trinajstić information content (AvgIpc) is 3.14. The van der Waals surface area contributed by atoms with Crippen molar-refractivity contribution in [3.8, 4) is 17.2 Å². The second kappa shape index (κ2) is 13.1. The first-order chi connectivity index (χ1) is 17.5. The SMILES string of the molecule is CCC(=O)N[C@H](Oc1ccc(/C=C2\SC(=S)N(CCc3ccc(OC)c(OC)c3)C2=O)cc1)C(Cl)(Cl)Cl. The molecule has 0 aliphatic carbocycles. The Labute approximate surface area is 240 Å². The van der Waals surface area contributed by atoms with E-state index in [1.54, 1.807) is 56.4 Å². The molecule has 12 heteroatoms. The third-order valence-corrected chi connectivity index (χ3v) is 7.26. The van der Waals surface area contributed by atoms with Crippen molar-refractivity contribution < 1.29 is 23.8 Å². The van der Waals surface area contributed by atoms with Gasteiger partial charge in [-0.15, -0.1) is 0 Å². The number of hydrogen-bond acceptors (Lipinski definition) is 7. The summed E-state index contributed by atoms with van der Waals surface area (Å²) >= 11 is 24.5. The molecule has 2 amide bonds. The van der Waals surface area contributed by atoms with Crippen LogP contribution in [0.15, 0.2) is 47.4 Å². The molecule has 0 saturated carbocycles. The van der Waals surface area contributed by atoms with E-state index in [0.717, 1.165) is 11.1 Å². The highest BCUT2D eigenvalue weighted by Crippen LogP contribution is 2.35. The summed E-state index contributed by atoms with van der Waals surface area (Å²) in [5, 5.41) is 2.53. The lowest BCUT2D eigenvalue weighted by atomic mass is 10.1. The molecular weight excluding hydrogens is 579 g/mol. The van der Waals surface area contributed by atoms with Crippen LogP contribution < -0.4 is 19.5 Å². The van der Waals surface area contributed by atoms with E-state index in [1.165, 1.54) is 11.8 Å². The maximum Gasteiger partial charge on any atom is 0.266 e. The molecule has 7 nitrogen and oxygen atoms in total. The van der Waals surface area contributed by atoms with Crippen molar-refractivity contribution in [2.75, 3.05) is 20.8 Å². The van der Waals surface area contributed by atoms with Crippen molar-refractivity contribution in [1.82, 2.24) is 10.2 Å². The normalized spacial score (nSPS) is 15.6. The van der Waals surface area contributed by atoms with Crippen LogP contribution >= 0.6 is 58.8 Å². The number of alkyl halides is 3. The van der Waals surface area contributed by atoms with Gasteiger partial charge < -0.3 is 19.5 Å². The summed E-state index contributed by atoms with van der Waals surface area (Å²) < 4.78 is 14.9. The third-order valence-electron chi connectivity index (χ3n) is 5.29. The molecule has 0 unspecified atom stereocenters. The lowest BCUT2D eigenvalue weighted by molar-refractivity contribution is -0.123. The fourth-order valence-corrected chi connectivity index (χ4v) is 4.93. The molecular formula is C25H25Cl3N2O5S2. The second-order valence-electron chi connectivity index (χ2n) is 7.80. The molecule has 1 aliphatic heterocycles. The fraction of sp³-hybridized carbons (Fsp3) is 0.320. The van der Waals surface area contributed by atoms with E-state index in [1.807, 2.05) is 18.2 Å². The molecule has 1 atom stereocenters. The monoisotopic (exact) mass is 602 g/mol. The number of ether oxygens (including phenoxy) is 3. The maximum atomic E-state index is 13.0. The summed E-state index contributed by atoms with van der Waals surface area (Å²) in [5.74, 6) is 1.18. The highest BCUT2D eigenvalue weighted by atomic mass is 35.6. The summed E-state index contributed by atoms with van der Waals surface area (Å²) in [6.07, 6.45) is 1.40.